The van der Waals surface area contributed by atoms with Gasteiger partial charge in [-0.3, -0.25) is 4.99 Å². The maximum absolute atomic E-state index is 5.80. The smallest absolute Gasteiger partial charge is 0.188 e. The number of nitrogens with two attached hydrogens (primary N) is 1. The van der Waals surface area contributed by atoms with Gasteiger partial charge >= 0.3 is 0 Å². The van der Waals surface area contributed by atoms with Crippen LogP contribution in [0.1, 0.15) is 48.0 Å². The first-order valence-electron chi connectivity index (χ1n) is 6.27. The van der Waals surface area contributed by atoms with E-state index in [2.05, 4.69) is 51.9 Å². The third kappa shape index (κ3) is 12.2. The number of nitrogens with zero attached hydrogens (tertiary/aromatic N) is 1. The predicted octanol–water partition coefficient (Wildman–Crippen LogP) is 3.24. The van der Waals surface area contributed by atoms with Crippen LogP contribution in [0, 0.1) is 17.3 Å². The van der Waals surface area contributed by atoms with Gasteiger partial charge in [0.2, 0.25) is 0 Å². The van der Waals surface area contributed by atoms with Gasteiger partial charge in [-0.25, -0.2) is 0 Å². The minimum absolute atomic E-state index is 0. The maximum atomic E-state index is 5.80. The van der Waals surface area contributed by atoms with Crippen LogP contribution in [0.2, 0.25) is 0 Å². The van der Waals surface area contributed by atoms with Crippen molar-refractivity contribution in [1.82, 2.24) is 5.32 Å². The molecule has 0 aromatic heterocycles. The highest BCUT2D eigenvalue weighted by Gasteiger charge is 2.18. The largest absolute Gasteiger partial charge is 0.370 e. The summed E-state index contributed by atoms with van der Waals surface area (Å²) in [4.78, 5) is 4.40. The molecule has 0 aromatic rings. The molecular weight excluding hydrogens is 325 g/mol. The van der Waals surface area contributed by atoms with E-state index in [0.717, 1.165) is 13.1 Å². The summed E-state index contributed by atoms with van der Waals surface area (Å²) in [6.45, 7) is 15.0. The Hall–Kier alpha value is 0. The summed E-state index contributed by atoms with van der Waals surface area (Å²) in [5, 5.41) is 3.14. The van der Waals surface area contributed by atoms with Gasteiger partial charge in [0.05, 0.1) is 0 Å². The summed E-state index contributed by atoms with van der Waals surface area (Å²) < 4.78 is 0. The van der Waals surface area contributed by atoms with E-state index in [-0.39, 0.29) is 29.4 Å². The number of rotatable bonds is 6. The predicted molar refractivity (Wildman–Crippen MR) is 88.0 cm³/mol. The average Bonchev–Trinajstić information content (AvgIpc) is 2.09. The molecule has 104 valence electrons. The van der Waals surface area contributed by atoms with Gasteiger partial charge in [0.1, 0.15) is 0 Å². The third-order valence-corrected chi connectivity index (χ3v) is 2.33. The van der Waals surface area contributed by atoms with Crippen LogP contribution in [0.15, 0.2) is 4.99 Å². The Morgan fingerprint density at radius 1 is 1.18 bits per heavy atom. The first kappa shape index (κ1) is 19.3. The van der Waals surface area contributed by atoms with Crippen LogP contribution in [0.3, 0.4) is 0 Å². The average molecular weight is 355 g/mol. The Morgan fingerprint density at radius 2 is 1.71 bits per heavy atom. The number of guanidine groups is 1. The topological polar surface area (TPSA) is 50.4 Å². The zero-order valence-electron chi connectivity index (χ0n) is 12.2. The van der Waals surface area contributed by atoms with Crippen molar-refractivity contribution < 1.29 is 0 Å². The molecule has 0 atom stereocenters. The highest BCUT2D eigenvalue weighted by atomic mass is 127. The summed E-state index contributed by atoms with van der Waals surface area (Å²) in [6.07, 6.45) is 1.17. The normalized spacial score (nSPS) is 12.8. The molecule has 0 saturated carbocycles. The molecule has 0 saturated heterocycles. The van der Waals surface area contributed by atoms with Crippen molar-refractivity contribution in [2.75, 3.05) is 13.1 Å². The minimum atomic E-state index is 0. The molecule has 17 heavy (non-hydrogen) atoms. The fourth-order valence-electron chi connectivity index (χ4n) is 1.83. The van der Waals surface area contributed by atoms with Crippen molar-refractivity contribution in [2.24, 2.45) is 28.0 Å². The van der Waals surface area contributed by atoms with E-state index in [9.17, 15) is 0 Å². The number of hydrogen-bond acceptors (Lipinski definition) is 1. The zero-order chi connectivity index (χ0) is 12.8. The van der Waals surface area contributed by atoms with Crippen molar-refractivity contribution in [3.8, 4) is 0 Å². The second-order valence-corrected chi connectivity index (χ2v) is 6.24. The number of hydrogen-bond donors (Lipinski definition) is 2. The lowest BCUT2D eigenvalue weighted by Crippen LogP contribution is -2.35. The van der Waals surface area contributed by atoms with Crippen molar-refractivity contribution in [3.05, 3.63) is 0 Å². The summed E-state index contributed by atoms with van der Waals surface area (Å²) in [5.41, 5.74) is 6.03. The Balaban J connectivity index is 0. The quantitative estimate of drug-likeness (QED) is 0.437. The monoisotopic (exact) mass is 355 g/mol. The summed E-state index contributed by atoms with van der Waals surface area (Å²) in [5.74, 6) is 1.87. The lowest BCUT2D eigenvalue weighted by molar-refractivity contribution is 0.298. The molecule has 0 spiro atoms. The summed E-state index contributed by atoms with van der Waals surface area (Å²) >= 11 is 0. The van der Waals surface area contributed by atoms with E-state index in [0.29, 0.717) is 17.8 Å². The Kier molecular flexibility index (Phi) is 10.2. The van der Waals surface area contributed by atoms with E-state index >= 15 is 0 Å². The molecule has 3 nitrogen and oxygen atoms in total. The van der Waals surface area contributed by atoms with E-state index in [1.54, 1.807) is 0 Å². The van der Waals surface area contributed by atoms with E-state index in [1.165, 1.54) is 6.42 Å². The highest BCUT2D eigenvalue weighted by molar-refractivity contribution is 14.0. The summed E-state index contributed by atoms with van der Waals surface area (Å²) in [7, 11) is 0. The number of aliphatic imine (C=N–C) groups is 1. The van der Waals surface area contributed by atoms with Gasteiger partial charge < -0.3 is 11.1 Å². The van der Waals surface area contributed by atoms with Crippen LogP contribution in [0.25, 0.3) is 0 Å². The molecule has 0 aliphatic heterocycles. The van der Waals surface area contributed by atoms with Crippen LogP contribution < -0.4 is 11.1 Å². The summed E-state index contributed by atoms with van der Waals surface area (Å²) in [6, 6.07) is 0. The molecule has 0 radical (unpaired) electrons. The Labute approximate surface area is 124 Å². The zero-order valence-corrected chi connectivity index (χ0v) is 14.5. The molecule has 0 unspecified atom stereocenters. The second-order valence-electron chi connectivity index (χ2n) is 6.24. The molecule has 0 aliphatic carbocycles. The van der Waals surface area contributed by atoms with Crippen molar-refractivity contribution in [2.45, 2.75) is 48.0 Å². The van der Waals surface area contributed by atoms with Crippen LogP contribution >= 0.6 is 24.0 Å². The lowest BCUT2D eigenvalue weighted by atomic mass is 9.84. The van der Waals surface area contributed by atoms with Crippen LogP contribution in [0.4, 0.5) is 0 Å². The van der Waals surface area contributed by atoms with Crippen molar-refractivity contribution in [3.63, 3.8) is 0 Å². The standard InChI is InChI=1S/C13H29N3.HI/c1-10(2)7-13(5,6)9-16-12(14)15-8-11(3)4;/h10-11H,7-9H2,1-6H3,(H3,14,15,16);1H. The fraction of sp³-hybridized carbons (Fsp3) is 0.923. The second kappa shape index (κ2) is 9.00. The van der Waals surface area contributed by atoms with Crippen molar-refractivity contribution in [1.29, 1.82) is 0 Å². The number of halogens is 1. The maximum Gasteiger partial charge on any atom is 0.188 e. The van der Waals surface area contributed by atoms with Gasteiger partial charge in [-0.1, -0.05) is 41.5 Å². The molecule has 4 heteroatoms. The van der Waals surface area contributed by atoms with Crippen LogP contribution in [0.5, 0.6) is 0 Å². The molecule has 0 rings (SSSR count). The lowest BCUT2D eigenvalue weighted by Gasteiger charge is -2.24. The minimum Gasteiger partial charge on any atom is -0.370 e. The first-order valence-corrected chi connectivity index (χ1v) is 6.27. The van der Waals surface area contributed by atoms with Crippen molar-refractivity contribution >= 4 is 29.9 Å². The SMILES string of the molecule is CC(C)CNC(N)=NCC(C)(C)CC(C)C.I. The van der Waals surface area contributed by atoms with Gasteiger partial charge in [-0.05, 0) is 23.7 Å². The molecule has 3 N–H and O–H groups in total. The molecule has 0 heterocycles. The molecule has 0 amide bonds. The molecule has 0 aromatic carbocycles. The Bertz CT molecular complexity index is 223. The van der Waals surface area contributed by atoms with E-state index < -0.39 is 0 Å². The van der Waals surface area contributed by atoms with E-state index in [1.807, 2.05) is 0 Å². The van der Waals surface area contributed by atoms with Crippen LogP contribution in [-0.2, 0) is 0 Å². The highest BCUT2D eigenvalue weighted by Crippen LogP contribution is 2.25. The van der Waals surface area contributed by atoms with E-state index in [4.69, 9.17) is 5.73 Å². The molecular formula is C13H30IN3. The third-order valence-electron chi connectivity index (χ3n) is 2.33. The van der Waals surface area contributed by atoms with Crippen LogP contribution in [-0.4, -0.2) is 19.0 Å². The van der Waals surface area contributed by atoms with Gasteiger partial charge in [-0.15, -0.1) is 24.0 Å². The van der Waals surface area contributed by atoms with Gasteiger partial charge in [0, 0.05) is 13.1 Å². The fourth-order valence-corrected chi connectivity index (χ4v) is 1.83. The molecule has 0 bridgehead atoms. The van der Waals surface area contributed by atoms with Gasteiger partial charge in [0.25, 0.3) is 0 Å². The Morgan fingerprint density at radius 3 is 2.12 bits per heavy atom. The van der Waals surface area contributed by atoms with Gasteiger partial charge in [0.15, 0.2) is 5.96 Å². The first-order chi connectivity index (χ1) is 7.23. The molecule has 0 aliphatic rings. The molecule has 0 fully saturated rings. The van der Waals surface area contributed by atoms with Gasteiger partial charge in [-0.2, -0.15) is 0 Å². The number of nitrogens with one attached hydrogen (secondary N) is 1.